The van der Waals surface area contributed by atoms with Crippen molar-refractivity contribution < 1.29 is 0 Å². The van der Waals surface area contributed by atoms with E-state index in [1.54, 1.807) is 11.3 Å². The lowest BCUT2D eigenvalue weighted by Crippen LogP contribution is -2.38. The van der Waals surface area contributed by atoms with Gasteiger partial charge in [0.1, 0.15) is 0 Å². The summed E-state index contributed by atoms with van der Waals surface area (Å²) in [5.74, 6) is 0. The Morgan fingerprint density at radius 2 is 1.94 bits per heavy atom. The van der Waals surface area contributed by atoms with Crippen molar-refractivity contribution in [2.45, 2.75) is 32.5 Å². The fraction of sp³-hybridized carbons (Fsp3) is 0.429. The quantitative estimate of drug-likeness (QED) is 0.874. The molecule has 2 unspecified atom stereocenters. The minimum absolute atomic E-state index is 0.142. The predicted molar refractivity (Wildman–Crippen MR) is 81.1 cm³/mol. The zero-order chi connectivity index (χ0) is 13.0. The molecule has 18 heavy (non-hydrogen) atoms. The Morgan fingerprint density at radius 3 is 2.44 bits per heavy atom. The van der Waals surface area contributed by atoms with Crippen LogP contribution in [0.3, 0.4) is 0 Å². The van der Waals surface area contributed by atoms with Gasteiger partial charge in [-0.3, -0.25) is 4.90 Å². The molecule has 0 aliphatic rings. The van der Waals surface area contributed by atoms with E-state index < -0.39 is 0 Å². The van der Waals surface area contributed by atoms with E-state index in [9.17, 15) is 0 Å². The highest BCUT2D eigenvalue weighted by molar-refractivity contribution is 7.10. The lowest BCUT2D eigenvalue weighted by molar-refractivity contribution is 0.181. The van der Waals surface area contributed by atoms with Crippen LogP contribution in [0, 0.1) is 0 Å². The molecule has 2 aromatic heterocycles. The molecule has 2 nitrogen and oxygen atoms in total. The van der Waals surface area contributed by atoms with Gasteiger partial charge in [0.25, 0.3) is 0 Å². The van der Waals surface area contributed by atoms with Gasteiger partial charge in [0.15, 0.2) is 0 Å². The zero-order valence-corrected chi connectivity index (χ0v) is 12.5. The van der Waals surface area contributed by atoms with Crippen LogP contribution >= 0.6 is 22.7 Å². The molecule has 0 saturated carbocycles. The summed E-state index contributed by atoms with van der Waals surface area (Å²) in [6, 6.07) is 9.06. The Bertz CT molecular complexity index is 434. The summed E-state index contributed by atoms with van der Waals surface area (Å²) in [6.07, 6.45) is 0. The van der Waals surface area contributed by atoms with Gasteiger partial charge in [-0.15, -0.1) is 22.7 Å². The minimum atomic E-state index is 0.142. The van der Waals surface area contributed by atoms with Crippen molar-refractivity contribution in [1.82, 2.24) is 4.90 Å². The average Bonchev–Trinajstić information content (AvgIpc) is 3.00. The first-order chi connectivity index (χ1) is 8.72. The van der Waals surface area contributed by atoms with E-state index >= 15 is 0 Å². The van der Waals surface area contributed by atoms with Crippen molar-refractivity contribution in [3.05, 3.63) is 44.8 Å². The smallest absolute Gasteiger partial charge is 0.0593 e. The van der Waals surface area contributed by atoms with Gasteiger partial charge in [0.2, 0.25) is 0 Å². The maximum absolute atomic E-state index is 6.20. The number of hydrogen-bond donors (Lipinski definition) is 1. The van der Waals surface area contributed by atoms with Gasteiger partial charge in [-0.2, -0.15) is 0 Å². The molecule has 2 aromatic rings. The summed E-state index contributed by atoms with van der Waals surface area (Å²) in [5.41, 5.74) is 6.20. The molecule has 0 aromatic carbocycles. The first-order valence-electron chi connectivity index (χ1n) is 6.27. The molecule has 0 saturated heterocycles. The van der Waals surface area contributed by atoms with Crippen LogP contribution < -0.4 is 5.73 Å². The van der Waals surface area contributed by atoms with Gasteiger partial charge in [-0.25, -0.2) is 0 Å². The number of rotatable bonds is 6. The molecule has 0 radical (unpaired) electrons. The van der Waals surface area contributed by atoms with Gasteiger partial charge in [-0.1, -0.05) is 19.1 Å². The van der Waals surface area contributed by atoms with E-state index in [2.05, 4.69) is 53.8 Å². The van der Waals surface area contributed by atoms with Crippen molar-refractivity contribution in [2.75, 3.05) is 6.54 Å². The van der Waals surface area contributed by atoms with Crippen LogP contribution in [-0.4, -0.2) is 17.5 Å². The number of likely N-dealkylation sites (N-methyl/N-ethyl adjacent to an activating group) is 1. The Morgan fingerprint density at radius 1 is 1.22 bits per heavy atom. The number of hydrogen-bond acceptors (Lipinski definition) is 4. The third-order valence-corrected chi connectivity index (χ3v) is 4.88. The molecule has 4 heteroatoms. The fourth-order valence-corrected chi connectivity index (χ4v) is 3.94. The third-order valence-electron chi connectivity index (χ3n) is 3.07. The molecule has 0 bridgehead atoms. The monoisotopic (exact) mass is 280 g/mol. The third kappa shape index (κ3) is 3.20. The summed E-state index contributed by atoms with van der Waals surface area (Å²) in [7, 11) is 0. The van der Waals surface area contributed by atoms with Crippen molar-refractivity contribution in [2.24, 2.45) is 5.73 Å². The van der Waals surface area contributed by atoms with Gasteiger partial charge in [0, 0.05) is 22.3 Å². The number of nitrogens with zero attached hydrogens (tertiary/aromatic N) is 1. The molecule has 0 aliphatic heterocycles. The van der Waals surface area contributed by atoms with Gasteiger partial charge in [0.05, 0.1) is 6.04 Å². The normalized spacial score (nSPS) is 14.9. The maximum Gasteiger partial charge on any atom is 0.0593 e. The first kappa shape index (κ1) is 13.7. The molecule has 0 spiro atoms. The highest BCUT2D eigenvalue weighted by Gasteiger charge is 2.24. The molecular formula is C14H20N2S2. The summed E-state index contributed by atoms with van der Waals surface area (Å²) in [5, 5.41) is 4.26. The molecule has 0 fully saturated rings. The topological polar surface area (TPSA) is 29.3 Å². The average molecular weight is 280 g/mol. The second-order valence-corrected chi connectivity index (χ2v) is 6.47. The SMILES string of the molecule is CCN(Cc1cccs1)C(c1cccs1)C(C)N. The molecule has 2 atom stereocenters. The molecular weight excluding hydrogens is 260 g/mol. The van der Waals surface area contributed by atoms with Crippen LogP contribution in [0.5, 0.6) is 0 Å². The fourth-order valence-electron chi connectivity index (χ4n) is 2.24. The minimum Gasteiger partial charge on any atom is -0.326 e. The maximum atomic E-state index is 6.20. The predicted octanol–water partition coefficient (Wildman–Crippen LogP) is 3.72. The lowest BCUT2D eigenvalue weighted by atomic mass is 10.1. The Balaban J connectivity index is 2.17. The van der Waals surface area contributed by atoms with E-state index in [-0.39, 0.29) is 6.04 Å². The van der Waals surface area contributed by atoms with Crippen LogP contribution in [0.25, 0.3) is 0 Å². The second kappa shape index (κ2) is 6.48. The van der Waals surface area contributed by atoms with Crippen molar-refractivity contribution in [1.29, 1.82) is 0 Å². The molecule has 0 amide bonds. The Hall–Kier alpha value is -0.680. The Labute approximate surface area is 117 Å². The highest BCUT2D eigenvalue weighted by Crippen LogP contribution is 2.29. The summed E-state index contributed by atoms with van der Waals surface area (Å²) < 4.78 is 0. The first-order valence-corrected chi connectivity index (χ1v) is 8.03. The molecule has 0 aliphatic carbocycles. The number of nitrogens with two attached hydrogens (primary N) is 1. The van der Waals surface area contributed by atoms with E-state index in [1.807, 2.05) is 11.3 Å². The zero-order valence-electron chi connectivity index (χ0n) is 10.9. The largest absolute Gasteiger partial charge is 0.326 e. The summed E-state index contributed by atoms with van der Waals surface area (Å²) in [4.78, 5) is 5.23. The van der Waals surface area contributed by atoms with Crippen LogP contribution in [0.15, 0.2) is 35.0 Å². The molecule has 2 heterocycles. The van der Waals surface area contributed by atoms with Crippen molar-refractivity contribution >= 4 is 22.7 Å². The standard InChI is InChI=1S/C14H20N2S2/c1-3-16(10-12-6-4-8-17-12)14(11(2)15)13-7-5-9-18-13/h4-9,11,14H,3,10,15H2,1-2H3. The summed E-state index contributed by atoms with van der Waals surface area (Å²) in [6.45, 7) is 6.30. The van der Waals surface area contributed by atoms with Crippen molar-refractivity contribution in [3.8, 4) is 0 Å². The molecule has 2 N–H and O–H groups in total. The van der Waals surface area contributed by atoms with E-state index in [1.165, 1.54) is 9.75 Å². The van der Waals surface area contributed by atoms with Gasteiger partial charge >= 0.3 is 0 Å². The van der Waals surface area contributed by atoms with E-state index in [0.29, 0.717) is 6.04 Å². The lowest BCUT2D eigenvalue weighted by Gasteiger charge is -2.32. The van der Waals surface area contributed by atoms with E-state index in [0.717, 1.165) is 13.1 Å². The van der Waals surface area contributed by atoms with Crippen LogP contribution in [-0.2, 0) is 6.54 Å². The summed E-state index contributed by atoms with van der Waals surface area (Å²) >= 11 is 3.61. The van der Waals surface area contributed by atoms with Crippen molar-refractivity contribution in [3.63, 3.8) is 0 Å². The van der Waals surface area contributed by atoms with Gasteiger partial charge < -0.3 is 5.73 Å². The van der Waals surface area contributed by atoms with E-state index in [4.69, 9.17) is 5.73 Å². The van der Waals surface area contributed by atoms with Crippen LogP contribution in [0.4, 0.5) is 0 Å². The van der Waals surface area contributed by atoms with Crippen LogP contribution in [0.1, 0.15) is 29.6 Å². The number of thiophene rings is 2. The Kier molecular flexibility index (Phi) is 4.95. The molecule has 98 valence electrons. The van der Waals surface area contributed by atoms with Crippen LogP contribution in [0.2, 0.25) is 0 Å². The second-order valence-electron chi connectivity index (χ2n) is 4.46. The molecule has 2 rings (SSSR count). The highest BCUT2D eigenvalue weighted by atomic mass is 32.1. The van der Waals surface area contributed by atoms with Gasteiger partial charge in [-0.05, 0) is 36.4 Å².